The van der Waals surface area contributed by atoms with Crippen LogP contribution < -0.4 is 0 Å². The van der Waals surface area contributed by atoms with Gasteiger partial charge in [-0.15, -0.1) is 6.58 Å². The van der Waals surface area contributed by atoms with Crippen LogP contribution in [0.1, 0.15) is 40.0 Å². The summed E-state index contributed by atoms with van der Waals surface area (Å²) in [7, 11) is 0. The van der Waals surface area contributed by atoms with Gasteiger partial charge in [0, 0.05) is 0 Å². The molecule has 0 saturated carbocycles. The molecule has 64 valence electrons. The highest BCUT2D eigenvalue weighted by molar-refractivity contribution is 4.92. The zero-order valence-corrected chi connectivity index (χ0v) is 8.06. The van der Waals surface area contributed by atoms with E-state index in [9.17, 15) is 0 Å². The summed E-state index contributed by atoms with van der Waals surface area (Å²) in [5.74, 6) is 0.714. The average molecular weight is 152 g/mol. The molecule has 0 saturated heterocycles. The predicted octanol–water partition coefficient (Wildman–Crippen LogP) is 3.95. The normalized spacial score (nSPS) is 13.7. The smallest absolute Gasteiger partial charge is 0.0259 e. The van der Waals surface area contributed by atoms with Gasteiger partial charge in [-0.25, -0.2) is 0 Å². The van der Waals surface area contributed by atoms with Crippen LogP contribution >= 0.6 is 0 Å². The molecular formula is C11H20. The second-order valence-corrected chi connectivity index (χ2v) is 3.31. The minimum Gasteiger partial charge on any atom is -0.100 e. The molecule has 0 spiro atoms. The van der Waals surface area contributed by atoms with Crippen LogP contribution in [0, 0.1) is 5.92 Å². The lowest BCUT2D eigenvalue weighted by Gasteiger charge is -2.04. The van der Waals surface area contributed by atoms with Crippen molar-refractivity contribution in [1.82, 2.24) is 0 Å². The van der Waals surface area contributed by atoms with Crippen LogP contribution in [0.15, 0.2) is 24.3 Å². The standard InChI is InChI=1S/C11H20/c1-5-6-7-11(4)9-8-10(2)3/h6-7,11H,2,5,8-9H2,1,3-4H3/b7-6-. The van der Waals surface area contributed by atoms with E-state index in [4.69, 9.17) is 0 Å². The Kier molecular flexibility index (Phi) is 5.91. The molecule has 0 N–H and O–H groups in total. The van der Waals surface area contributed by atoms with Crippen LogP contribution in [-0.2, 0) is 0 Å². The molecule has 0 heterocycles. The van der Waals surface area contributed by atoms with Gasteiger partial charge in [-0.1, -0.05) is 31.6 Å². The average Bonchev–Trinajstić information content (AvgIpc) is 1.97. The fraction of sp³-hybridized carbons (Fsp3) is 0.636. The Labute approximate surface area is 71.0 Å². The van der Waals surface area contributed by atoms with E-state index < -0.39 is 0 Å². The van der Waals surface area contributed by atoms with Crippen molar-refractivity contribution in [3.05, 3.63) is 24.3 Å². The lowest BCUT2D eigenvalue weighted by atomic mass is 10.0. The van der Waals surface area contributed by atoms with Crippen LogP contribution in [-0.4, -0.2) is 0 Å². The van der Waals surface area contributed by atoms with Crippen molar-refractivity contribution >= 4 is 0 Å². The monoisotopic (exact) mass is 152 g/mol. The van der Waals surface area contributed by atoms with E-state index in [0.29, 0.717) is 5.92 Å². The first-order valence-corrected chi connectivity index (χ1v) is 4.47. The summed E-state index contributed by atoms with van der Waals surface area (Å²) in [5, 5.41) is 0. The third kappa shape index (κ3) is 7.38. The van der Waals surface area contributed by atoms with Crippen LogP contribution in [0.25, 0.3) is 0 Å². The van der Waals surface area contributed by atoms with Crippen LogP contribution in [0.5, 0.6) is 0 Å². The Balaban J connectivity index is 3.44. The molecule has 0 rings (SSSR count). The molecule has 0 radical (unpaired) electrons. The summed E-state index contributed by atoms with van der Waals surface area (Å²) in [6, 6.07) is 0. The Morgan fingerprint density at radius 2 is 2.18 bits per heavy atom. The first-order chi connectivity index (χ1) is 5.16. The fourth-order valence-electron chi connectivity index (χ4n) is 0.939. The second kappa shape index (κ2) is 6.21. The van der Waals surface area contributed by atoms with Crippen LogP contribution in [0.2, 0.25) is 0 Å². The minimum absolute atomic E-state index is 0.714. The highest BCUT2D eigenvalue weighted by atomic mass is 14.0. The lowest BCUT2D eigenvalue weighted by Crippen LogP contribution is -1.89. The lowest BCUT2D eigenvalue weighted by molar-refractivity contribution is 0.643. The van der Waals surface area contributed by atoms with Crippen molar-refractivity contribution in [1.29, 1.82) is 0 Å². The second-order valence-electron chi connectivity index (χ2n) is 3.31. The zero-order chi connectivity index (χ0) is 8.69. The van der Waals surface area contributed by atoms with Gasteiger partial charge in [0.25, 0.3) is 0 Å². The molecule has 0 bridgehead atoms. The van der Waals surface area contributed by atoms with Gasteiger partial charge in [0.05, 0.1) is 0 Å². The summed E-state index contributed by atoms with van der Waals surface area (Å²) in [6.45, 7) is 10.4. The maximum absolute atomic E-state index is 3.88. The first kappa shape index (κ1) is 10.5. The quantitative estimate of drug-likeness (QED) is 0.523. The van der Waals surface area contributed by atoms with E-state index in [1.807, 2.05) is 0 Å². The Bertz CT molecular complexity index is 131. The molecule has 11 heavy (non-hydrogen) atoms. The van der Waals surface area contributed by atoms with E-state index in [1.165, 1.54) is 12.0 Å². The van der Waals surface area contributed by atoms with Gasteiger partial charge in [0.2, 0.25) is 0 Å². The maximum Gasteiger partial charge on any atom is -0.0259 e. The molecule has 0 aliphatic rings. The van der Waals surface area contributed by atoms with E-state index >= 15 is 0 Å². The Morgan fingerprint density at radius 1 is 1.55 bits per heavy atom. The molecule has 1 unspecified atom stereocenters. The summed E-state index contributed by atoms with van der Waals surface area (Å²) in [5.41, 5.74) is 1.29. The maximum atomic E-state index is 3.88. The molecule has 0 aromatic rings. The van der Waals surface area contributed by atoms with Crippen molar-refractivity contribution in [3.8, 4) is 0 Å². The van der Waals surface area contributed by atoms with Crippen molar-refractivity contribution in [2.45, 2.75) is 40.0 Å². The SMILES string of the molecule is C=C(C)CCC(C)/C=C\CC. The molecule has 0 aliphatic heterocycles. The number of hydrogen-bond donors (Lipinski definition) is 0. The van der Waals surface area contributed by atoms with E-state index in [0.717, 1.165) is 12.8 Å². The van der Waals surface area contributed by atoms with Gasteiger partial charge in [0.1, 0.15) is 0 Å². The topological polar surface area (TPSA) is 0 Å². The molecular weight excluding hydrogens is 132 g/mol. The molecule has 0 fully saturated rings. The van der Waals surface area contributed by atoms with Gasteiger partial charge in [-0.3, -0.25) is 0 Å². The van der Waals surface area contributed by atoms with Crippen LogP contribution in [0.4, 0.5) is 0 Å². The fourth-order valence-corrected chi connectivity index (χ4v) is 0.939. The van der Waals surface area contributed by atoms with E-state index in [2.05, 4.69) is 39.5 Å². The van der Waals surface area contributed by atoms with Crippen molar-refractivity contribution in [2.75, 3.05) is 0 Å². The van der Waals surface area contributed by atoms with Gasteiger partial charge in [-0.2, -0.15) is 0 Å². The predicted molar refractivity (Wildman–Crippen MR) is 52.6 cm³/mol. The summed E-state index contributed by atoms with van der Waals surface area (Å²) < 4.78 is 0. The number of rotatable bonds is 5. The first-order valence-electron chi connectivity index (χ1n) is 4.47. The zero-order valence-electron chi connectivity index (χ0n) is 8.06. The van der Waals surface area contributed by atoms with Crippen molar-refractivity contribution in [2.24, 2.45) is 5.92 Å². The molecule has 0 nitrogen and oxygen atoms in total. The molecule has 0 aromatic carbocycles. The molecule has 1 atom stereocenters. The van der Waals surface area contributed by atoms with Gasteiger partial charge in [0.15, 0.2) is 0 Å². The largest absolute Gasteiger partial charge is 0.100 e. The highest BCUT2D eigenvalue weighted by Gasteiger charge is 1.95. The summed E-state index contributed by atoms with van der Waals surface area (Å²) in [6.07, 6.45) is 8.09. The summed E-state index contributed by atoms with van der Waals surface area (Å²) >= 11 is 0. The third-order valence-electron chi connectivity index (χ3n) is 1.73. The molecule has 0 amide bonds. The van der Waals surface area contributed by atoms with Gasteiger partial charge < -0.3 is 0 Å². The van der Waals surface area contributed by atoms with Gasteiger partial charge in [-0.05, 0) is 32.1 Å². The third-order valence-corrected chi connectivity index (χ3v) is 1.73. The number of allylic oxidation sites excluding steroid dienone is 3. The Hall–Kier alpha value is -0.520. The Morgan fingerprint density at radius 3 is 2.64 bits per heavy atom. The van der Waals surface area contributed by atoms with Crippen LogP contribution in [0.3, 0.4) is 0 Å². The van der Waals surface area contributed by atoms with Crippen molar-refractivity contribution < 1.29 is 0 Å². The van der Waals surface area contributed by atoms with E-state index in [-0.39, 0.29) is 0 Å². The van der Waals surface area contributed by atoms with Crippen molar-refractivity contribution in [3.63, 3.8) is 0 Å². The van der Waals surface area contributed by atoms with E-state index in [1.54, 1.807) is 0 Å². The molecule has 0 aliphatic carbocycles. The highest BCUT2D eigenvalue weighted by Crippen LogP contribution is 2.11. The molecule has 0 aromatic heterocycles. The molecule has 0 heteroatoms. The summed E-state index contributed by atoms with van der Waals surface area (Å²) in [4.78, 5) is 0. The van der Waals surface area contributed by atoms with Gasteiger partial charge >= 0.3 is 0 Å². The number of hydrogen-bond acceptors (Lipinski definition) is 0. The minimum atomic E-state index is 0.714.